The van der Waals surface area contributed by atoms with Gasteiger partial charge in [0.15, 0.2) is 0 Å². The molecule has 2 aromatic rings. The van der Waals surface area contributed by atoms with Crippen molar-refractivity contribution in [3.05, 3.63) is 52.5 Å². The first kappa shape index (κ1) is 15.2. The maximum atomic E-state index is 10.8. The molecule has 0 spiro atoms. The highest BCUT2D eigenvalue weighted by Gasteiger charge is 2.03. The summed E-state index contributed by atoms with van der Waals surface area (Å²) in [7, 11) is 1.64. The van der Waals surface area contributed by atoms with Crippen LogP contribution in [0.1, 0.15) is 5.56 Å². The van der Waals surface area contributed by atoms with E-state index in [1.165, 1.54) is 0 Å². The van der Waals surface area contributed by atoms with Crippen LogP contribution in [0.5, 0.6) is 5.75 Å². The minimum atomic E-state index is -0.581. The number of nitrogens with one attached hydrogen (secondary N) is 2. The van der Waals surface area contributed by atoms with Crippen molar-refractivity contribution < 1.29 is 9.53 Å². The van der Waals surface area contributed by atoms with Gasteiger partial charge in [-0.25, -0.2) is 4.79 Å². The Hall–Kier alpha value is -2.21. The Morgan fingerprint density at radius 3 is 2.71 bits per heavy atom. The number of anilines is 2. The van der Waals surface area contributed by atoms with Gasteiger partial charge in [0.05, 0.1) is 7.11 Å². The number of hydrogen-bond donors (Lipinski definition) is 3. The summed E-state index contributed by atoms with van der Waals surface area (Å²) in [5.74, 6) is 0.805. The van der Waals surface area contributed by atoms with Gasteiger partial charge in [-0.05, 0) is 42.0 Å². The van der Waals surface area contributed by atoms with E-state index in [0.717, 1.165) is 21.5 Å². The van der Waals surface area contributed by atoms with Gasteiger partial charge in [0, 0.05) is 22.4 Å². The molecular formula is C15H16BrN3O2. The largest absolute Gasteiger partial charge is 0.497 e. The summed E-state index contributed by atoms with van der Waals surface area (Å²) in [5.41, 5.74) is 7.71. The van der Waals surface area contributed by atoms with Gasteiger partial charge < -0.3 is 21.1 Å². The second-order valence-electron chi connectivity index (χ2n) is 4.38. The molecule has 0 unspecified atom stereocenters. The number of ether oxygens (including phenoxy) is 1. The van der Waals surface area contributed by atoms with Gasteiger partial charge in [0.25, 0.3) is 0 Å². The van der Waals surface area contributed by atoms with Crippen LogP contribution in [0, 0.1) is 0 Å². The minimum Gasteiger partial charge on any atom is -0.497 e. The molecule has 0 bridgehead atoms. The summed E-state index contributed by atoms with van der Waals surface area (Å²) in [5, 5.41) is 5.83. The second kappa shape index (κ2) is 6.99. The Labute approximate surface area is 131 Å². The third kappa shape index (κ3) is 4.39. The van der Waals surface area contributed by atoms with Gasteiger partial charge in [-0.2, -0.15) is 0 Å². The molecule has 4 N–H and O–H groups in total. The third-order valence-corrected chi connectivity index (χ3v) is 3.64. The number of amides is 2. The Bertz CT molecular complexity index is 647. The average Bonchev–Trinajstić information content (AvgIpc) is 2.46. The fraction of sp³-hybridized carbons (Fsp3) is 0.133. The van der Waals surface area contributed by atoms with Crippen LogP contribution >= 0.6 is 15.9 Å². The molecule has 5 nitrogen and oxygen atoms in total. The Kier molecular flexibility index (Phi) is 5.05. The van der Waals surface area contributed by atoms with Crippen molar-refractivity contribution in [3.63, 3.8) is 0 Å². The molecule has 0 aliphatic carbocycles. The summed E-state index contributed by atoms with van der Waals surface area (Å²) in [6, 6.07) is 12.6. The van der Waals surface area contributed by atoms with Crippen LogP contribution in [-0.4, -0.2) is 13.1 Å². The van der Waals surface area contributed by atoms with E-state index < -0.39 is 6.03 Å². The molecule has 2 amide bonds. The number of halogens is 1. The summed E-state index contributed by atoms with van der Waals surface area (Å²) >= 11 is 3.51. The van der Waals surface area contributed by atoms with E-state index in [1.807, 2.05) is 36.4 Å². The Balaban J connectivity index is 2.07. The lowest BCUT2D eigenvalue weighted by molar-refractivity contribution is 0.259. The normalized spacial score (nSPS) is 10.0. The molecule has 0 radical (unpaired) electrons. The molecule has 0 saturated heterocycles. The molecule has 0 atom stereocenters. The molecule has 2 rings (SSSR count). The van der Waals surface area contributed by atoms with Crippen LogP contribution in [0.25, 0.3) is 0 Å². The van der Waals surface area contributed by atoms with Gasteiger partial charge in [0.1, 0.15) is 5.75 Å². The number of carbonyl (C=O) groups is 1. The molecule has 0 saturated carbocycles. The zero-order valence-corrected chi connectivity index (χ0v) is 13.1. The lowest BCUT2D eigenvalue weighted by atomic mass is 10.2. The predicted molar refractivity (Wildman–Crippen MR) is 87.7 cm³/mol. The van der Waals surface area contributed by atoms with Gasteiger partial charge >= 0.3 is 6.03 Å². The standard InChI is InChI=1S/C15H16BrN3O2/c1-21-13-5-6-14(16)10(7-13)9-18-11-3-2-4-12(8-11)19-15(17)20/h2-8,18H,9H2,1H3,(H3,17,19,20). The monoisotopic (exact) mass is 349 g/mol. The van der Waals surface area contributed by atoms with E-state index in [2.05, 4.69) is 26.6 Å². The van der Waals surface area contributed by atoms with E-state index in [9.17, 15) is 4.79 Å². The molecular weight excluding hydrogens is 334 g/mol. The highest BCUT2D eigenvalue weighted by atomic mass is 79.9. The highest BCUT2D eigenvalue weighted by Crippen LogP contribution is 2.24. The number of hydrogen-bond acceptors (Lipinski definition) is 3. The fourth-order valence-corrected chi connectivity index (χ4v) is 2.25. The molecule has 21 heavy (non-hydrogen) atoms. The van der Waals surface area contributed by atoms with Crippen molar-refractivity contribution in [2.24, 2.45) is 5.73 Å². The molecule has 0 aromatic heterocycles. The van der Waals surface area contributed by atoms with Gasteiger partial charge in [-0.1, -0.05) is 22.0 Å². The summed E-state index contributed by atoms with van der Waals surface area (Å²) in [6.45, 7) is 0.623. The number of rotatable bonds is 5. The van der Waals surface area contributed by atoms with Gasteiger partial charge in [-0.15, -0.1) is 0 Å². The third-order valence-electron chi connectivity index (χ3n) is 2.87. The summed E-state index contributed by atoms with van der Waals surface area (Å²) in [6.07, 6.45) is 0. The van der Waals surface area contributed by atoms with Crippen LogP contribution in [0.3, 0.4) is 0 Å². The first-order valence-electron chi connectivity index (χ1n) is 6.31. The molecule has 2 aromatic carbocycles. The van der Waals surface area contributed by atoms with Crippen LogP contribution in [-0.2, 0) is 6.54 Å². The number of urea groups is 1. The van der Waals surface area contributed by atoms with Crippen molar-refractivity contribution in [2.75, 3.05) is 17.7 Å². The minimum absolute atomic E-state index is 0.581. The maximum absolute atomic E-state index is 10.8. The van der Waals surface area contributed by atoms with Gasteiger partial charge in [-0.3, -0.25) is 0 Å². The van der Waals surface area contributed by atoms with E-state index in [-0.39, 0.29) is 0 Å². The van der Waals surface area contributed by atoms with Crippen molar-refractivity contribution in [1.29, 1.82) is 0 Å². The topological polar surface area (TPSA) is 76.4 Å². The van der Waals surface area contributed by atoms with Crippen molar-refractivity contribution in [2.45, 2.75) is 6.54 Å². The fourth-order valence-electron chi connectivity index (χ4n) is 1.86. The molecule has 110 valence electrons. The van der Waals surface area contributed by atoms with Crippen molar-refractivity contribution in [1.82, 2.24) is 0 Å². The Morgan fingerprint density at radius 1 is 1.24 bits per heavy atom. The SMILES string of the molecule is COc1ccc(Br)c(CNc2cccc(NC(N)=O)c2)c1. The van der Waals surface area contributed by atoms with Crippen LogP contribution in [0.2, 0.25) is 0 Å². The maximum Gasteiger partial charge on any atom is 0.316 e. The Morgan fingerprint density at radius 2 is 2.00 bits per heavy atom. The zero-order chi connectivity index (χ0) is 15.2. The second-order valence-corrected chi connectivity index (χ2v) is 5.24. The number of benzene rings is 2. The zero-order valence-electron chi connectivity index (χ0n) is 11.5. The molecule has 0 heterocycles. The summed E-state index contributed by atoms with van der Waals surface area (Å²) < 4.78 is 6.22. The van der Waals surface area contributed by atoms with Gasteiger partial charge in [0.2, 0.25) is 0 Å². The van der Waals surface area contributed by atoms with E-state index in [1.54, 1.807) is 13.2 Å². The van der Waals surface area contributed by atoms with Crippen LogP contribution < -0.4 is 21.1 Å². The summed E-state index contributed by atoms with van der Waals surface area (Å²) in [4.78, 5) is 10.8. The lowest BCUT2D eigenvalue weighted by Crippen LogP contribution is -2.19. The lowest BCUT2D eigenvalue weighted by Gasteiger charge is -2.11. The molecule has 0 aliphatic rings. The number of methoxy groups -OCH3 is 1. The quantitative estimate of drug-likeness (QED) is 0.772. The van der Waals surface area contributed by atoms with Crippen molar-refractivity contribution in [3.8, 4) is 5.75 Å². The van der Waals surface area contributed by atoms with E-state index >= 15 is 0 Å². The van der Waals surface area contributed by atoms with Crippen LogP contribution in [0.15, 0.2) is 46.9 Å². The number of nitrogens with two attached hydrogens (primary N) is 1. The molecule has 0 fully saturated rings. The highest BCUT2D eigenvalue weighted by molar-refractivity contribution is 9.10. The van der Waals surface area contributed by atoms with E-state index in [4.69, 9.17) is 10.5 Å². The van der Waals surface area contributed by atoms with Crippen molar-refractivity contribution >= 4 is 33.3 Å². The smallest absolute Gasteiger partial charge is 0.316 e. The first-order chi connectivity index (χ1) is 10.1. The first-order valence-corrected chi connectivity index (χ1v) is 7.10. The molecule has 0 aliphatic heterocycles. The van der Waals surface area contributed by atoms with E-state index in [0.29, 0.717) is 12.2 Å². The average molecular weight is 350 g/mol. The van der Waals surface area contributed by atoms with Crippen LogP contribution in [0.4, 0.5) is 16.2 Å². The molecule has 6 heteroatoms. The predicted octanol–water partition coefficient (Wildman–Crippen LogP) is 3.56. The number of carbonyl (C=O) groups excluding carboxylic acids is 1. The number of primary amides is 1.